The number of aliphatic carboxylic acids is 1. The molecule has 0 aromatic heterocycles. The molecule has 160 valence electrons. The molecule has 0 saturated carbocycles. The van der Waals surface area contributed by atoms with Gasteiger partial charge >= 0.3 is 5.97 Å². The lowest BCUT2D eigenvalue weighted by Crippen LogP contribution is -2.53. The minimum Gasteiger partial charge on any atom is -0.480 e. The molecule has 0 fully saturated rings. The standard InChI is InChI=1S/C24H24N2O5/c1-14(2)21(24(30)31)26-23(29)19(12-15-8-4-3-5-9-15)25-18-13-20(27)16-10-6-7-11-17(16)22(18)28/h3-11,13-14,19,21,25H,12H2,1-2H3,(H,26,29)(H,30,31)/t19-,21-/m0/s1. The van der Waals surface area contributed by atoms with Gasteiger partial charge in [0.25, 0.3) is 0 Å². The van der Waals surface area contributed by atoms with Gasteiger partial charge in [-0.3, -0.25) is 14.4 Å². The summed E-state index contributed by atoms with van der Waals surface area (Å²) < 4.78 is 0. The van der Waals surface area contributed by atoms with Crippen molar-refractivity contribution in [2.24, 2.45) is 5.92 Å². The number of Topliss-reactive ketones (excluding diaryl/α,β-unsaturated/α-hetero) is 1. The topological polar surface area (TPSA) is 113 Å². The average Bonchev–Trinajstić information content (AvgIpc) is 2.75. The third-order valence-electron chi connectivity index (χ3n) is 5.12. The fourth-order valence-corrected chi connectivity index (χ4v) is 3.44. The zero-order valence-corrected chi connectivity index (χ0v) is 17.3. The van der Waals surface area contributed by atoms with E-state index in [1.807, 2.05) is 30.3 Å². The summed E-state index contributed by atoms with van der Waals surface area (Å²) in [4.78, 5) is 49.9. The van der Waals surface area contributed by atoms with Gasteiger partial charge in [-0.2, -0.15) is 0 Å². The van der Waals surface area contributed by atoms with Crippen LogP contribution < -0.4 is 10.6 Å². The molecule has 2 aromatic carbocycles. The first-order valence-electron chi connectivity index (χ1n) is 10.0. The highest BCUT2D eigenvalue weighted by atomic mass is 16.4. The molecular formula is C24H24N2O5. The van der Waals surface area contributed by atoms with Crippen molar-refractivity contribution in [3.63, 3.8) is 0 Å². The molecule has 2 aromatic rings. The van der Waals surface area contributed by atoms with Crippen molar-refractivity contribution in [1.82, 2.24) is 10.6 Å². The maximum Gasteiger partial charge on any atom is 0.326 e. The lowest BCUT2D eigenvalue weighted by molar-refractivity contribution is -0.143. The van der Waals surface area contributed by atoms with Crippen LogP contribution in [0.5, 0.6) is 0 Å². The number of hydrogen-bond acceptors (Lipinski definition) is 5. The first kappa shape index (κ1) is 22.0. The lowest BCUT2D eigenvalue weighted by atomic mass is 9.92. The van der Waals surface area contributed by atoms with Crippen molar-refractivity contribution >= 4 is 23.4 Å². The molecule has 31 heavy (non-hydrogen) atoms. The summed E-state index contributed by atoms with van der Waals surface area (Å²) in [5.41, 5.74) is 1.41. The van der Waals surface area contributed by atoms with Crippen LogP contribution in [0.4, 0.5) is 0 Å². The molecule has 0 heterocycles. The highest BCUT2D eigenvalue weighted by molar-refractivity contribution is 6.24. The number of nitrogens with one attached hydrogen (secondary N) is 2. The fourth-order valence-electron chi connectivity index (χ4n) is 3.44. The Kier molecular flexibility index (Phi) is 6.65. The predicted octanol–water partition coefficient (Wildman–Crippen LogP) is 2.38. The van der Waals surface area contributed by atoms with Crippen molar-refractivity contribution in [2.45, 2.75) is 32.4 Å². The summed E-state index contributed by atoms with van der Waals surface area (Å²) in [5.74, 6) is -2.76. The average molecular weight is 420 g/mol. The van der Waals surface area contributed by atoms with E-state index in [4.69, 9.17) is 0 Å². The number of carbonyl (C=O) groups is 4. The molecule has 0 saturated heterocycles. The quantitative estimate of drug-likeness (QED) is 0.604. The molecule has 7 nitrogen and oxygen atoms in total. The molecule has 0 bridgehead atoms. The Hall–Kier alpha value is -3.74. The zero-order chi connectivity index (χ0) is 22.5. The monoisotopic (exact) mass is 420 g/mol. The molecular weight excluding hydrogens is 396 g/mol. The first-order chi connectivity index (χ1) is 14.8. The number of carboxylic acid groups (broad SMARTS) is 1. The first-order valence-corrected chi connectivity index (χ1v) is 10.0. The highest BCUT2D eigenvalue weighted by Crippen LogP contribution is 2.20. The summed E-state index contributed by atoms with van der Waals surface area (Å²) >= 11 is 0. The van der Waals surface area contributed by atoms with Gasteiger partial charge in [-0.25, -0.2) is 4.79 Å². The Bertz CT molecular complexity index is 1040. The lowest BCUT2D eigenvalue weighted by Gasteiger charge is -2.25. The highest BCUT2D eigenvalue weighted by Gasteiger charge is 2.31. The van der Waals surface area contributed by atoms with Gasteiger partial charge in [0.15, 0.2) is 5.78 Å². The number of rotatable bonds is 8. The molecule has 1 aliphatic rings. The van der Waals surface area contributed by atoms with Crippen LogP contribution >= 0.6 is 0 Å². The van der Waals surface area contributed by atoms with Crippen LogP contribution in [0.1, 0.15) is 40.1 Å². The summed E-state index contributed by atoms with van der Waals surface area (Å²) in [6.07, 6.45) is 1.39. The molecule has 1 aliphatic carbocycles. The zero-order valence-electron chi connectivity index (χ0n) is 17.3. The molecule has 3 N–H and O–H groups in total. The van der Waals surface area contributed by atoms with Crippen LogP contribution in [0, 0.1) is 5.92 Å². The third-order valence-corrected chi connectivity index (χ3v) is 5.12. The van der Waals surface area contributed by atoms with Crippen molar-refractivity contribution in [3.05, 3.63) is 83.1 Å². The third kappa shape index (κ3) is 5.06. The number of hydrogen-bond donors (Lipinski definition) is 3. The van der Waals surface area contributed by atoms with E-state index in [0.717, 1.165) is 5.56 Å². The fraction of sp³-hybridized carbons (Fsp3) is 0.250. The second-order valence-electron chi connectivity index (χ2n) is 7.75. The summed E-state index contributed by atoms with van der Waals surface area (Å²) in [6.45, 7) is 3.39. The molecule has 3 rings (SSSR count). The normalized spacial score (nSPS) is 15.0. The summed E-state index contributed by atoms with van der Waals surface area (Å²) in [5, 5.41) is 14.9. The minimum absolute atomic E-state index is 0.0104. The van der Waals surface area contributed by atoms with Crippen LogP contribution in [-0.4, -0.2) is 40.6 Å². The van der Waals surface area contributed by atoms with E-state index in [1.54, 1.807) is 38.1 Å². The van der Waals surface area contributed by atoms with Crippen LogP contribution in [0.15, 0.2) is 66.4 Å². The molecule has 1 amide bonds. The van der Waals surface area contributed by atoms with E-state index < -0.39 is 24.0 Å². The van der Waals surface area contributed by atoms with Gasteiger partial charge in [0.05, 0.1) is 5.70 Å². The summed E-state index contributed by atoms with van der Waals surface area (Å²) in [7, 11) is 0. The Morgan fingerprint density at radius 1 is 0.935 bits per heavy atom. The predicted molar refractivity (Wildman–Crippen MR) is 115 cm³/mol. The van der Waals surface area contributed by atoms with E-state index in [0.29, 0.717) is 5.56 Å². The molecule has 0 aliphatic heterocycles. The van der Waals surface area contributed by atoms with E-state index in [1.165, 1.54) is 6.08 Å². The van der Waals surface area contributed by atoms with Crippen molar-refractivity contribution in [1.29, 1.82) is 0 Å². The maximum atomic E-state index is 13.0. The van der Waals surface area contributed by atoms with Crippen molar-refractivity contribution < 1.29 is 24.3 Å². The van der Waals surface area contributed by atoms with Gasteiger partial charge in [-0.05, 0) is 11.5 Å². The van der Waals surface area contributed by atoms with E-state index in [9.17, 15) is 24.3 Å². The largest absolute Gasteiger partial charge is 0.480 e. The van der Waals surface area contributed by atoms with Crippen molar-refractivity contribution in [2.75, 3.05) is 0 Å². The van der Waals surface area contributed by atoms with Gasteiger partial charge in [0.1, 0.15) is 12.1 Å². The number of carbonyl (C=O) groups excluding carboxylic acids is 3. The van der Waals surface area contributed by atoms with E-state index in [2.05, 4.69) is 10.6 Å². The van der Waals surface area contributed by atoms with Gasteiger partial charge in [0, 0.05) is 23.6 Å². The van der Waals surface area contributed by atoms with E-state index in [-0.39, 0.29) is 35.2 Å². The molecule has 0 spiro atoms. The number of benzene rings is 2. The molecule has 2 atom stereocenters. The smallest absolute Gasteiger partial charge is 0.326 e. The van der Waals surface area contributed by atoms with E-state index >= 15 is 0 Å². The number of ketones is 2. The molecule has 0 radical (unpaired) electrons. The van der Waals surface area contributed by atoms with Crippen LogP contribution in [-0.2, 0) is 16.0 Å². The number of fused-ring (bicyclic) bond motifs is 1. The van der Waals surface area contributed by atoms with Crippen LogP contribution in [0.3, 0.4) is 0 Å². The van der Waals surface area contributed by atoms with Gasteiger partial charge < -0.3 is 15.7 Å². The second kappa shape index (κ2) is 9.38. The van der Waals surface area contributed by atoms with Gasteiger partial charge in [0.2, 0.25) is 11.7 Å². The number of allylic oxidation sites excluding steroid dienone is 2. The minimum atomic E-state index is -1.14. The summed E-state index contributed by atoms with van der Waals surface area (Å²) in [6, 6.07) is 13.6. The molecule has 7 heteroatoms. The Balaban J connectivity index is 1.88. The Labute approximate surface area is 180 Å². The number of amides is 1. The number of carboxylic acids is 1. The Morgan fingerprint density at radius 3 is 2.16 bits per heavy atom. The SMILES string of the molecule is CC(C)[C@H](NC(=O)[C@H](Cc1ccccc1)NC1=CC(=O)c2ccccc2C1=O)C(=O)O. The van der Waals surface area contributed by atoms with Gasteiger partial charge in [-0.1, -0.05) is 68.4 Å². The second-order valence-corrected chi connectivity index (χ2v) is 7.75. The van der Waals surface area contributed by atoms with Crippen molar-refractivity contribution in [3.8, 4) is 0 Å². The van der Waals surface area contributed by atoms with Crippen LogP contribution in [0.2, 0.25) is 0 Å². The molecule has 0 unspecified atom stereocenters. The maximum absolute atomic E-state index is 13.0. The van der Waals surface area contributed by atoms with Crippen LogP contribution in [0.25, 0.3) is 0 Å². The van der Waals surface area contributed by atoms with Gasteiger partial charge in [-0.15, -0.1) is 0 Å². The Morgan fingerprint density at radius 2 is 1.55 bits per heavy atom.